The largest absolute Gasteiger partial charge is 0.508 e. The smallest absolute Gasteiger partial charge is 0.344 e. The number of aromatic hydroxyl groups is 1. The summed E-state index contributed by atoms with van der Waals surface area (Å²) in [6.07, 6.45) is 17.7. The number of rotatable bonds is 14. The Hall–Kier alpha value is -6.18. The minimum atomic E-state index is -0.403. The van der Waals surface area contributed by atoms with E-state index in [1.54, 1.807) is 24.3 Å². The van der Waals surface area contributed by atoms with Crippen LogP contribution in [0.5, 0.6) is 11.5 Å². The fourth-order valence-electron chi connectivity index (χ4n) is 5.14. The second-order valence-corrected chi connectivity index (χ2v) is 11.9. The van der Waals surface area contributed by atoms with E-state index in [4.69, 9.17) is 18.7 Å². The summed E-state index contributed by atoms with van der Waals surface area (Å²) in [4.78, 5) is 24.2. The van der Waals surface area contributed by atoms with Crippen LogP contribution in [0.15, 0.2) is 177 Å². The van der Waals surface area contributed by atoms with E-state index < -0.39 is 5.63 Å². The zero-order valence-electron chi connectivity index (χ0n) is 29.9. The Labute approximate surface area is 310 Å². The van der Waals surface area contributed by atoms with Crippen LogP contribution in [-0.2, 0) is 0 Å². The summed E-state index contributed by atoms with van der Waals surface area (Å²) in [6, 6.07) is 32.9. The van der Waals surface area contributed by atoms with Gasteiger partial charge in [0.15, 0.2) is 0 Å². The number of unbranched alkanes of at least 4 members (excludes halogenated alkanes) is 2. The SMILES string of the molecule is C=CC/C=C/CCCO.C=CC/C=C/CCCOc1ccc2cc(-c3ccccc3)c(=O)oc2c1.O=c1oc2cc(O)ccc2cc1-c1ccccc1. The molecule has 6 rings (SSSR count). The average molecular weight is 711 g/mol. The number of hydrogen-bond acceptors (Lipinski definition) is 7. The van der Waals surface area contributed by atoms with Crippen LogP contribution in [0.25, 0.3) is 44.2 Å². The highest BCUT2D eigenvalue weighted by atomic mass is 16.5. The van der Waals surface area contributed by atoms with Gasteiger partial charge in [0, 0.05) is 29.5 Å². The van der Waals surface area contributed by atoms with Gasteiger partial charge in [0.05, 0.1) is 17.7 Å². The van der Waals surface area contributed by atoms with Crippen molar-refractivity contribution in [2.45, 2.75) is 38.5 Å². The van der Waals surface area contributed by atoms with Crippen molar-refractivity contribution >= 4 is 21.9 Å². The summed E-state index contributed by atoms with van der Waals surface area (Å²) in [5.41, 5.74) is 2.95. The molecule has 0 unspecified atom stereocenters. The molecule has 0 fully saturated rings. The maximum Gasteiger partial charge on any atom is 0.344 e. The lowest BCUT2D eigenvalue weighted by Gasteiger charge is -2.07. The molecule has 2 N–H and O–H groups in total. The fourth-order valence-corrected chi connectivity index (χ4v) is 5.14. The van der Waals surface area contributed by atoms with Crippen LogP contribution < -0.4 is 16.0 Å². The van der Waals surface area contributed by atoms with E-state index in [-0.39, 0.29) is 11.4 Å². The number of phenols is 1. The van der Waals surface area contributed by atoms with Gasteiger partial charge < -0.3 is 23.8 Å². The highest BCUT2D eigenvalue weighted by Crippen LogP contribution is 2.25. The molecule has 0 amide bonds. The summed E-state index contributed by atoms with van der Waals surface area (Å²) >= 11 is 0. The van der Waals surface area contributed by atoms with Gasteiger partial charge in [-0.1, -0.05) is 97.1 Å². The summed E-state index contributed by atoms with van der Waals surface area (Å²) < 4.78 is 16.5. The van der Waals surface area contributed by atoms with Crippen LogP contribution in [0.1, 0.15) is 38.5 Å². The summed E-state index contributed by atoms with van der Waals surface area (Å²) in [6.45, 7) is 8.17. The fraction of sp³-hybridized carbons (Fsp3) is 0.174. The van der Waals surface area contributed by atoms with Gasteiger partial charge >= 0.3 is 11.3 Å². The average Bonchev–Trinajstić information content (AvgIpc) is 3.18. The van der Waals surface area contributed by atoms with E-state index in [0.29, 0.717) is 41.3 Å². The standard InChI is InChI=1S/C23H22O3.C15H10O3.C8H14O/c1-2-3-4-5-6-10-15-25-20-14-13-19-16-21(18-11-8-7-9-12-18)23(24)26-22(19)17-20;16-12-7-6-11-8-13(10-4-2-1-3-5-10)15(17)18-14(11)9-12;1-2-3-4-5-6-7-8-9/h2,4-5,7-9,11-14,16-17H,1,3,6,10,15H2;1-9,16H;2,4-5,9H,1,3,6-8H2/b5-4+;;5-4+. The van der Waals surface area contributed by atoms with Crippen LogP contribution in [0.4, 0.5) is 0 Å². The number of ether oxygens (including phenoxy) is 1. The number of allylic oxidation sites excluding steroid dienone is 6. The minimum Gasteiger partial charge on any atom is -0.508 e. The molecular weight excluding hydrogens is 664 g/mol. The molecule has 0 aliphatic heterocycles. The van der Waals surface area contributed by atoms with Gasteiger partial charge in [0.2, 0.25) is 0 Å². The van der Waals surface area contributed by atoms with Crippen molar-refractivity contribution in [1.82, 2.24) is 0 Å². The molecule has 0 atom stereocenters. The van der Waals surface area contributed by atoms with Crippen molar-refractivity contribution in [2.24, 2.45) is 0 Å². The second kappa shape index (κ2) is 21.9. The Morgan fingerprint density at radius 3 is 1.64 bits per heavy atom. The molecule has 0 saturated carbocycles. The van der Waals surface area contributed by atoms with Gasteiger partial charge in [-0.2, -0.15) is 0 Å². The molecule has 0 radical (unpaired) electrons. The molecule has 7 nitrogen and oxygen atoms in total. The number of benzene rings is 4. The number of aliphatic hydroxyl groups excluding tert-OH is 1. The molecule has 4 aromatic carbocycles. The molecule has 0 aliphatic rings. The number of aliphatic hydroxyl groups is 1. The van der Waals surface area contributed by atoms with Gasteiger partial charge in [0.1, 0.15) is 22.7 Å². The summed E-state index contributed by atoms with van der Waals surface area (Å²) in [5.74, 6) is 0.793. The van der Waals surface area contributed by atoms with Crippen molar-refractivity contribution in [3.8, 4) is 33.8 Å². The minimum absolute atomic E-state index is 0.0816. The predicted molar refractivity (Wildman–Crippen MR) is 216 cm³/mol. The number of fused-ring (bicyclic) bond motifs is 2. The maximum absolute atomic E-state index is 12.3. The van der Waals surface area contributed by atoms with Crippen LogP contribution in [-0.4, -0.2) is 23.4 Å². The van der Waals surface area contributed by atoms with E-state index in [0.717, 1.165) is 60.4 Å². The van der Waals surface area contributed by atoms with E-state index >= 15 is 0 Å². The molecule has 7 heteroatoms. The van der Waals surface area contributed by atoms with Gasteiger partial charge in [-0.05, 0) is 86.1 Å². The first-order valence-corrected chi connectivity index (χ1v) is 17.6. The summed E-state index contributed by atoms with van der Waals surface area (Å²) in [5, 5.41) is 19.4. The third-order valence-corrected chi connectivity index (χ3v) is 7.85. The Kier molecular flexibility index (Phi) is 16.4. The second-order valence-electron chi connectivity index (χ2n) is 11.9. The van der Waals surface area contributed by atoms with Gasteiger partial charge in [-0.3, -0.25) is 0 Å². The molecule has 53 heavy (non-hydrogen) atoms. The molecular formula is C46H46O7. The van der Waals surface area contributed by atoms with Crippen molar-refractivity contribution in [2.75, 3.05) is 13.2 Å². The van der Waals surface area contributed by atoms with Crippen molar-refractivity contribution in [3.05, 3.63) is 180 Å². The highest BCUT2D eigenvalue weighted by Gasteiger charge is 2.09. The Morgan fingerprint density at radius 1 is 0.604 bits per heavy atom. The Balaban J connectivity index is 0.000000201. The molecule has 0 spiro atoms. The normalized spacial score (nSPS) is 10.8. The highest BCUT2D eigenvalue weighted by molar-refractivity contribution is 5.83. The lowest BCUT2D eigenvalue weighted by Crippen LogP contribution is -2.03. The van der Waals surface area contributed by atoms with E-state index in [1.165, 1.54) is 6.07 Å². The first-order valence-electron chi connectivity index (χ1n) is 17.6. The quantitative estimate of drug-likeness (QED) is 0.0657. The lowest BCUT2D eigenvalue weighted by molar-refractivity contribution is 0.289. The van der Waals surface area contributed by atoms with E-state index in [9.17, 15) is 14.7 Å². The van der Waals surface area contributed by atoms with Gasteiger partial charge in [-0.25, -0.2) is 9.59 Å². The van der Waals surface area contributed by atoms with E-state index in [2.05, 4.69) is 37.5 Å². The molecule has 0 aliphatic carbocycles. The molecule has 272 valence electrons. The number of phenolic OH excluding ortho intramolecular Hbond substituents is 1. The third-order valence-electron chi connectivity index (χ3n) is 7.85. The van der Waals surface area contributed by atoms with Crippen LogP contribution >= 0.6 is 0 Å². The molecule has 0 saturated heterocycles. The van der Waals surface area contributed by atoms with Gasteiger partial charge in [0.25, 0.3) is 0 Å². The Bertz CT molecular complexity index is 2210. The van der Waals surface area contributed by atoms with Crippen LogP contribution in [0.2, 0.25) is 0 Å². The van der Waals surface area contributed by atoms with Gasteiger partial charge in [-0.15, -0.1) is 13.2 Å². The lowest BCUT2D eigenvalue weighted by atomic mass is 10.1. The first kappa shape index (κ1) is 39.6. The van der Waals surface area contributed by atoms with E-state index in [1.807, 2.05) is 91.0 Å². The summed E-state index contributed by atoms with van der Waals surface area (Å²) in [7, 11) is 0. The molecule has 2 aromatic heterocycles. The van der Waals surface area contributed by atoms with Crippen LogP contribution in [0, 0.1) is 0 Å². The van der Waals surface area contributed by atoms with Crippen molar-refractivity contribution in [1.29, 1.82) is 0 Å². The molecule has 6 aromatic rings. The Morgan fingerprint density at radius 2 is 1.11 bits per heavy atom. The maximum atomic E-state index is 12.3. The first-order chi connectivity index (χ1) is 25.9. The zero-order chi connectivity index (χ0) is 37.7. The zero-order valence-corrected chi connectivity index (χ0v) is 29.9. The predicted octanol–water partition coefficient (Wildman–Crippen LogP) is 10.8. The van der Waals surface area contributed by atoms with Crippen molar-refractivity contribution < 1.29 is 23.8 Å². The van der Waals surface area contributed by atoms with Crippen molar-refractivity contribution in [3.63, 3.8) is 0 Å². The monoisotopic (exact) mass is 710 g/mol. The molecule has 0 bridgehead atoms. The topological polar surface area (TPSA) is 110 Å². The van der Waals surface area contributed by atoms with Crippen LogP contribution in [0.3, 0.4) is 0 Å². The number of hydrogen-bond donors (Lipinski definition) is 2. The third kappa shape index (κ3) is 12.8. The molecule has 2 heterocycles.